The lowest BCUT2D eigenvalue weighted by molar-refractivity contribution is -0.145. The average molecular weight is 500 g/mol. The van der Waals surface area contributed by atoms with Crippen LogP contribution >= 0.6 is 11.6 Å². The van der Waals surface area contributed by atoms with Crippen molar-refractivity contribution in [2.24, 2.45) is 0 Å². The third-order valence-corrected chi connectivity index (χ3v) is 6.25. The van der Waals surface area contributed by atoms with E-state index in [4.69, 9.17) is 16.3 Å². The quantitative estimate of drug-likeness (QED) is 0.517. The lowest BCUT2D eigenvalue weighted by atomic mass is 9.88. The molecule has 2 aromatic carbocycles. The predicted octanol–water partition coefficient (Wildman–Crippen LogP) is 5.62. The number of halogens is 1. The van der Waals surface area contributed by atoms with Crippen LogP contribution in [-0.4, -0.2) is 40.5 Å². The van der Waals surface area contributed by atoms with E-state index in [-0.39, 0.29) is 17.9 Å². The van der Waals surface area contributed by atoms with Gasteiger partial charge in [0.25, 0.3) is 5.91 Å². The van der Waals surface area contributed by atoms with Crippen molar-refractivity contribution in [3.05, 3.63) is 64.7 Å². The van der Waals surface area contributed by atoms with Crippen molar-refractivity contribution in [1.82, 2.24) is 10.2 Å². The number of carbonyl (C=O) groups is 3. The summed E-state index contributed by atoms with van der Waals surface area (Å²) in [6.45, 7) is 8.74. The molecule has 1 aliphatic rings. The van der Waals surface area contributed by atoms with Gasteiger partial charge >= 0.3 is 6.09 Å². The molecule has 0 spiro atoms. The standard InChI is InChI=1S/C27H34ClN3O4/c1-17-11-9-16-21(28)22(17)30-24(32)23(19-12-7-6-8-13-19)31(20-14-10-15-20)25(33)18(2)29-26(34)35-27(3,4)5/h6-9,11-13,16,18,20,23H,10,14-15H2,1-5H3,(H,29,34)(H,30,32). The van der Waals surface area contributed by atoms with Crippen LogP contribution in [0.1, 0.15) is 64.1 Å². The van der Waals surface area contributed by atoms with Gasteiger partial charge in [0.1, 0.15) is 17.7 Å². The first-order chi connectivity index (χ1) is 16.5. The molecule has 1 saturated carbocycles. The highest BCUT2D eigenvalue weighted by molar-refractivity contribution is 6.34. The molecule has 2 aromatic rings. The molecule has 0 radical (unpaired) electrons. The Morgan fingerprint density at radius 1 is 1.06 bits per heavy atom. The molecule has 1 fully saturated rings. The van der Waals surface area contributed by atoms with E-state index in [1.54, 1.807) is 38.7 Å². The zero-order chi connectivity index (χ0) is 25.8. The summed E-state index contributed by atoms with van der Waals surface area (Å²) in [6.07, 6.45) is 1.85. The van der Waals surface area contributed by atoms with Crippen LogP contribution in [0.4, 0.5) is 10.5 Å². The third-order valence-electron chi connectivity index (χ3n) is 5.94. The number of nitrogens with one attached hydrogen (secondary N) is 2. The normalized spacial score (nSPS) is 15.4. The number of amides is 3. The van der Waals surface area contributed by atoms with Crippen molar-refractivity contribution >= 4 is 35.2 Å². The Kier molecular flexibility index (Phi) is 8.43. The number of alkyl carbamates (subject to hydrolysis) is 1. The van der Waals surface area contributed by atoms with Gasteiger partial charge in [-0.1, -0.05) is 54.1 Å². The van der Waals surface area contributed by atoms with Gasteiger partial charge in [-0.2, -0.15) is 0 Å². The van der Waals surface area contributed by atoms with Crippen molar-refractivity contribution in [3.63, 3.8) is 0 Å². The third kappa shape index (κ3) is 6.75. The molecule has 8 heteroatoms. The number of ether oxygens (including phenoxy) is 1. The Morgan fingerprint density at radius 2 is 1.71 bits per heavy atom. The number of rotatable bonds is 7. The lowest BCUT2D eigenvalue weighted by Gasteiger charge is -2.43. The number of anilines is 1. The van der Waals surface area contributed by atoms with E-state index >= 15 is 0 Å². The minimum Gasteiger partial charge on any atom is -0.444 e. The van der Waals surface area contributed by atoms with Crippen molar-refractivity contribution in [2.45, 2.75) is 77.6 Å². The first-order valence-electron chi connectivity index (χ1n) is 11.9. The number of aryl methyl sites for hydroxylation is 1. The highest BCUT2D eigenvalue weighted by Crippen LogP contribution is 2.35. The summed E-state index contributed by atoms with van der Waals surface area (Å²) in [5.74, 6) is -0.711. The van der Waals surface area contributed by atoms with Gasteiger partial charge in [-0.05, 0) is 71.1 Å². The van der Waals surface area contributed by atoms with Crippen LogP contribution in [0.25, 0.3) is 0 Å². The van der Waals surface area contributed by atoms with Gasteiger partial charge in [-0.3, -0.25) is 9.59 Å². The molecule has 2 unspecified atom stereocenters. The summed E-state index contributed by atoms with van der Waals surface area (Å²) in [5, 5.41) is 6.00. The fourth-order valence-corrected chi connectivity index (χ4v) is 4.28. The summed E-state index contributed by atoms with van der Waals surface area (Å²) in [4.78, 5) is 41.5. The molecule has 0 aromatic heterocycles. The van der Waals surface area contributed by atoms with Gasteiger partial charge in [0.05, 0.1) is 10.7 Å². The fourth-order valence-electron chi connectivity index (χ4n) is 4.01. The second kappa shape index (κ2) is 11.1. The topological polar surface area (TPSA) is 87.7 Å². The zero-order valence-electron chi connectivity index (χ0n) is 20.9. The molecule has 0 aliphatic heterocycles. The molecule has 3 amide bonds. The predicted molar refractivity (Wildman–Crippen MR) is 137 cm³/mol. The summed E-state index contributed by atoms with van der Waals surface area (Å²) in [7, 11) is 0. The van der Waals surface area contributed by atoms with Crippen molar-refractivity contribution in [2.75, 3.05) is 5.32 Å². The molecule has 35 heavy (non-hydrogen) atoms. The van der Waals surface area contributed by atoms with Crippen molar-refractivity contribution < 1.29 is 19.1 Å². The van der Waals surface area contributed by atoms with E-state index in [2.05, 4.69) is 10.6 Å². The minimum absolute atomic E-state index is 0.117. The highest BCUT2D eigenvalue weighted by Gasteiger charge is 2.41. The van der Waals surface area contributed by atoms with E-state index in [0.717, 1.165) is 24.8 Å². The lowest BCUT2D eigenvalue weighted by Crippen LogP contribution is -2.56. The number of para-hydroxylation sites is 1. The van der Waals surface area contributed by atoms with Crippen molar-refractivity contribution in [1.29, 1.82) is 0 Å². The summed E-state index contributed by atoms with van der Waals surface area (Å²) in [5.41, 5.74) is 1.32. The SMILES string of the molecule is Cc1cccc(Cl)c1NC(=O)C(c1ccccc1)N(C(=O)C(C)NC(=O)OC(C)(C)C)C1CCC1. The molecule has 0 saturated heterocycles. The molecule has 0 heterocycles. The average Bonchev–Trinajstić information content (AvgIpc) is 2.73. The van der Waals surface area contributed by atoms with E-state index in [1.165, 1.54) is 0 Å². The van der Waals surface area contributed by atoms with Crippen LogP contribution in [0.15, 0.2) is 48.5 Å². The number of benzene rings is 2. The van der Waals surface area contributed by atoms with E-state index in [0.29, 0.717) is 16.3 Å². The highest BCUT2D eigenvalue weighted by atomic mass is 35.5. The number of hydrogen-bond donors (Lipinski definition) is 2. The van der Waals surface area contributed by atoms with Crippen LogP contribution in [0.5, 0.6) is 0 Å². The molecule has 0 bridgehead atoms. The molecular formula is C27H34ClN3O4. The Balaban J connectivity index is 1.94. The summed E-state index contributed by atoms with van der Waals surface area (Å²) < 4.78 is 5.32. The van der Waals surface area contributed by atoms with Gasteiger partial charge in [-0.25, -0.2) is 4.79 Å². The summed E-state index contributed by atoms with van der Waals surface area (Å²) >= 11 is 6.37. The maximum Gasteiger partial charge on any atom is 0.408 e. The van der Waals surface area contributed by atoms with Gasteiger partial charge < -0.3 is 20.3 Å². The second-order valence-electron chi connectivity index (χ2n) is 9.93. The second-order valence-corrected chi connectivity index (χ2v) is 10.3. The Labute approximate surface area is 212 Å². The van der Waals surface area contributed by atoms with Gasteiger partial charge in [-0.15, -0.1) is 0 Å². The van der Waals surface area contributed by atoms with Gasteiger partial charge in [0, 0.05) is 6.04 Å². The first-order valence-corrected chi connectivity index (χ1v) is 12.3. The molecule has 7 nitrogen and oxygen atoms in total. The molecule has 188 valence electrons. The Hall–Kier alpha value is -3.06. The largest absolute Gasteiger partial charge is 0.444 e. The maximum atomic E-state index is 13.8. The van der Waals surface area contributed by atoms with Crippen LogP contribution in [0.2, 0.25) is 5.02 Å². The van der Waals surface area contributed by atoms with Gasteiger partial charge in [0.2, 0.25) is 5.91 Å². The zero-order valence-corrected chi connectivity index (χ0v) is 21.7. The number of carbonyl (C=O) groups excluding carboxylic acids is 3. The molecule has 3 rings (SSSR count). The Morgan fingerprint density at radius 3 is 2.26 bits per heavy atom. The fraction of sp³-hybridized carbons (Fsp3) is 0.444. The van der Waals surface area contributed by atoms with Crippen molar-refractivity contribution in [3.8, 4) is 0 Å². The molecular weight excluding hydrogens is 466 g/mol. The maximum absolute atomic E-state index is 13.8. The molecule has 2 atom stereocenters. The Bertz CT molecular complexity index is 1040. The molecule has 1 aliphatic carbocycles. The minimum atomic E-state index is -0.896. The number of hydrogen-bond acceptors (Lipinski definition) is 4. The van der Waals surface area contributed by atoms with E-state index < -0.39 is 23.8 Å². The van der Waals surface area contributed by atoms with E-state index in [9.17, 15) is 14.4 Å². The number of nitrogens with zero attached hydrogens (tertiary/aromatic N) is 1. The van der Waals surface area contributed by atoms with Crippen LogP contribution in [-0.2, 0) is 14.3 Å². The smallest absolute Gasteiger partial charge is 0.408 e. The summed E-state index contributed by atoms with van der Waals surface area (Å²) in [6, 6.07) is 12.7. The van der Waals surface area contributed by atoms with Crippen LogP contribution in [0.3, 0.4) is 0 Å². The van der Waals surface area contributed by atoms with Gasteiger partial charge in [0.15, 0.2) is 0 Å². The first kappa shape index (κ1) is 26.5. The van der Waals surface area contributed by atoms with E-state index in [1.807, 2.05) is 49.4 Å². The van der Waals surface area contributed by atoms with Crippen LogP contribution in [0, 0.1) is 6.92 Å². The van der Waals surface area contributed by atoms with Crippen LogP contribution < -0.4 is 10.6 Å². The molecule has 2 N–H and O–H groups in total. The monoisotopic (exact) mass is 499 g/mol.